The van der Waals surface area contributed by atoms with Crippen molar-refractivity contribution in [1.82, 2.24) is 0 Å². The molecule has 0 atom stereocenters. The van der Waals surface area contributed by atoms with Gasteiger partial charge >= 0.3 is 0 Å². The van der Waals surface area contributed by atoms with Crippen molar-refractivity contribution in [2.24, 2.45) is 0 Å². The summed E-state index contributed by atoms with van der Waals surface area (Å²) in [6.45, 7) is 0. The lowest BCUT2D eigenvalue weighted by atomic mass is 10.3. The van der Waals surface area contributed by atoms with Crippen LogP contribution in [-0.2, 0) is 0 Å². The molecule has 12 heavy (non-hydrogen) atoms. The van der Waals surface area contributed by atoms with Gasteiger partial charge in [-0.15, -0.1) is 24.0 Å². The zero-order valence-corrected chi connectivity index (χ0v) is 10.7. The van der Waals surface area contributed by atoms with Crippen LogP contribution in [0, 0.1) is 0 Å². The maximum absolute atomic E-state index is 4.40. The van der Waals surface area contributed by atoms with E-state index in [1.54, 1.807) is 11.3 Å². The van der Waals surface area contributed by atoms with Crippen molar-refractivity contribution in [3.63, 3.8) is 0 Å². The number of halogens is 2. The Bertz CT molecular complexity index is 434. The molecule has 0 spiro atoms. The first-order valence-electron chi connectivity index (χ1n) is 3.23. The van der Waals surface area contributed by atoms with Crippen LogP contribution in [0.4, 0.5) is 0 Å². The van der Waals surface area contributed by atoms with E-state index >= 15 is 0 Å². The summed E-state index contributed by atoms with van der Waals surface area (Å²) in [5.74, 6) is 0. The van der Waals surface area contributed by atoms with Gasteiger partial charge in [0.05, 0.1) is 0 Å². The molecule has 4 heteroatoms. The molecular formula is C8H4Br2S2. The van der Waals surface area contributed by atoms with Crippen LogP contribution >= 0.6 is 55.8 Å². The average molecular weight is 324 g/mol. The second-order valence-electron chi connectivity index (χ2n) is 2.38. The first kappa shape index (κ1) is 9.06. The lowest BCUT2D eigenvalue weighted by molar-refractivity contribution is 1.54. The van der Waals surface area contributed by atoms with Crippen molar-refractivity contribution >= 4 is 65.9 Å². The number of rotatable bonds is 0. The van der Waals surface area contributed by atoms with Crippen molar-refractivity contribution in [1.29, 1.82) is 0 Å². The molecule has 0 unspecified atom stereocenters. The van der Waals surface area contributed by atoms with Gasteiger partial charge in [-0.3, -0.25) is 0 Å². The number of hydrogen-bond donors (Lipinski definition) is 1. The normalized spacial score (nSPS) is 10.9. The Kier molecular flexibility index (Phi) is 2.51. The molecule has 0 amide bonds. The molecule has 0 nitrogen and oxygen atoms in total. The Morgan fingerprint density at radius 1 is 1.25 bits per heavy atom. The molecule has 0 radical (unpaired) electrons. The highest BCUT2D eigenvalue weighted by Gasteiger charge is 2.05. The number of thiol groups is 1. The molecule has 0 aliphatic heterocycles. The van der Waals surface area contributed by atoms with Gasteiger partial charge in [-0.25, -0.2) is 0 Å². The van der Waals surface area contributed by atoms with E-state index in [1.807, 2.05) is 6.07 Å². The Labute approximate surface area is 96.6 Å². The van der Waals surface area contributed by atoms with Crippen LogP contribution in [0.5, 0.6) is 0 Å². The van der Waals surface area contributed by atoms with Gasteiger partial charge in [-0.05, 0) is 28.1 Å². The number of benzene rings is 1. The van der Waals surface area contributed by atoms with E-state index in [4.69, 9.17) is 0 Å². The van der Waals surface area contributed by atoms with E-state index in [-0.39, 0.29) is 0 Å². The van der Waals surface area contributed by atoms with Crippen LogP contribution in [0.2, 0.25) is 0 Å². The molecule has 0 aliphatic rings. The van der Waals surface area contributed by atoms with Crippen LogP contribution in [0.1, 0.15) is 0 Å². The van der Waals surface area contributed by atoms with E-state index in [0.29, 0.717) is 0 Å². The fourth-order valence-electron chi connectivity index (χ4n) is 1.08. The van der Waals surface area contributed by atoms with E-state index in [9.17, 15) is 0 Å². The van der Waals surface area contributed by atoms with Crippen LogP contribution in [-0.4, -0.2) is 0 Å². The summed E-state index contributed by atoms with van der Waals surface area (Å²) < 4.78 is 3.45. The highest BCUT2D eigenvalue weighted by atomic mass is 79.9. The summed E-state index contributed by atoms with van der Waals surface area (Å²) >= 11 is 13.0. The van der Waals surface area contributed by atoms with Gasteiger partial charge in [0.15, 0.2) is 0 Å². The molecular weight excluding hydrogens is 320 g/mol. The van der Waals surface area contributed by atoms with Gasteiger partial charge in [0.1, 0.15) is 0 Å². The summed E-state index contributed by atoms with van der Waals surface area (Å²) in [6.07, 6.45) is 0. The van der Waals surface area contributed by atoms with Crippen LogP contribution in [0.25, 0.3) is 10.1 Å². The Hall–Kier alpha value is 0.490. The van der Waals surface area contributed by atoms with E-state index < -0.39 is 0 Å². The smallest absolute Gasteiger partial charge is 0.0376 e. The van der Waals surface area contributed by atoms with Crippen molar-refractivity contribution in [2.75, 3.05) is 0 Å². The van der Waals surface area contributed by atoms with Crippen LogP contribution in [0.15, 0.2) is 31.4 Å². The van der Waals surface area contributed by atoms with Crippen molar-refractivity contribution < 1.29 is 0 Å². The largest absolute Gasteiger partial charge is 0.143 e. The molecule has 0 saturated heterocycles. The molecule has 0 fully saturated rings. The summed E-state index contributed by atoms with van der Waals surface area (Å²) in [5.41, 5.74) is 0. The third kappa shape index (κ3) is 1.45. The highest BCUT2D eigenvalue weighted by Crippen LogP contribution is 2.36. The predicted molar refractivity (Wildman–Crippen MR) is 64.5 cm³/mol. The lowest BCUT2D eigenvalue weighted by Gasteiger charge is -1.97. The molecule has 2 rings (SSSR count). The van der Waals surface area contributed by atoms with Gasteiger partial charge in [-0.1, -0.05) is 15.9 Å². The van der Waals surface area contributed by atoms with Gasteiger partial charge in [0.25, 0.3) is 0 Å². The monoisotopic (exact) mass is 322 g/mol. The molecule has 62 valence electrons. The number of hydrogen-bond acceptors (Lipinski definition) is 2. The summed E-state index contributed by atoms with van der Waals surface area (Å²) in [6, 6.07) is 4.10. The fourth-order valence-corrected chi connectivity index (χ4v) is 4.19. The average Bonchev–Trinajstić information content (AvgIpc) is 2.31. The number of thiophene rings is 1. The second kappa shape index (κ2) is 3.33. The van der Waals surface area contributed by atoms with E-state index in [0.717, 1.165) is 13.8 Å². The fraction of sp³-hybridized carbons (Fsp3) is 0. The molecule has 0 saturated carbocycles. The molecule has 0 aliphatic carbocycles. The van der Waals surface area contributed by atoms with E-state index in [1.165, 1.54) is 10.1 Å². The molecule has 1 aromatic carbocycles. The van der Waals surface area contributed by atoms with E-state index in [2.05, 4.69) is 55.9 Å². The zero-order valence-electron chi connectivity index (χ0n) is 5.84. The van der Waals surface area contributed by atoms with Gasteiger partial charge in [0.2, 0.25) is 0 Å². The molecule has 2 aromatic rings. The first-order valence-corrected chi connectivity index (χ1v) is 6.15. The van der Waals surface area contributed by atoms with Gasteiger partial charge in [-0.2, -0.15) is 0 Å². The first-order chi connectivity index (χ1) is 5.68. The van der Waals surface area contributed by atoms with Crippen molar-refractivity contribution in [3.8, 4) is 0 Å². The SMILES string of the molecule is Sc1cc(Br)cc2scc(Br)c12. The third-order valence-electron chi connectivity index (χ3n) is 1.57. The minimum atomic E-state index is 1.01. The molecule has 1 heterocycles. The van der Waals surface area contributed by atoms with Gasteiger partial charge in [0, 0.05) is 29.3 Å². The molecule has 0 bridgehead atoms. The van der Waals surface area contributed by atoms with Crippen molar-refractivity contribution in [2.45, 2.75) is 4.90 Å². The number of fused-ring (bicyclic) bond motifs is 1. The minimum Gasteiger partial charge on any atom is -0.143 e. The Balaban J connectivity index is 2.93. The summed E-state index contributed by atoms with van der Waals surface area (Å²) in [7, 11) is 0. The maximum atomic E-state index is 4.40. The maximum Gasteiger partial charge on any atom is 0.0376 e. The van der Waals surface area contributed by atoms with Gasteiger partial charge < -0.3 is 0 Å². The Morgan fingerprint density at radius 2 is 2.00 bits per heavy atom. The highest BCUT2D eigenvalue weighted by molar-refractivity contribution is 9.11. The zero-order chi connectivity index (χ0) is 8.72. The van der Waals surface area contributed by atoms with Crippen LogP contribution < -0.4 is 0 Å². The quantitative estimate of drug-likeness (QED) is 0.667. The minimum absolute atomic E-state index is 1.01. The molecule has 0 N–H and O–H groups in total. The van der Waals surface area contributed by atoms with Crippen molar-refractivity contribution in [3.05, 3.63) is 26.5 Å². The third-order valence-corrected chi connectivity index (χ3v) is 4.24. The predicted octanol–water partition coefficient (Wildman–Crippen LogP) is 4.72. The summed E-state index contributed by atoms with van der Waals surface area (Å²) in [4.78, 5) is 1.01. The second-order valence-corrected chi connectivity index (χ2v) is 5.54. The molecule has 1 aromatic heterocycles. The standard InChI is InChI=1S/C8H4Br2S2/c9-4-1-6(11)8-5(10)3-12-7(8)2-4/h1-3,11H. The lowest BCUT2D eigenvalue weighted by Crippen LogP contribution is -1.70. The summed E-state index contributed by atoms with van der Waals surface area (Å²) in [5, 5.41) is 3.28. The topological polar surface area (TPSA) is 0 Å². The Morgan fingerprint density at radius 3 is 2.75 bits per heavy atom. The van der Waals surface area contributed by atoms with Crippen LogP contribution in [0.3, 0.4) is 0 Å².